The van der Waals surface area contributed by atoms with E-state index in [1.165, 1.54) is 10.4 Å². The third-order valence-corrected chi connectivity index (χ3v) is 4.82. The number of primary amides is 1. The van der Waals surface area contributed by atoms with Crippen LogP contribution in [0.5, 0.6) is 0 Å². The molecule has 0 aromatic carbocycles. The van der Waals surface area contributed by atoms with Crippen molar-refractivity contribution < 1.29 is 17.6 Å². The molecule has 0 aliphatic carbocycles. The van der Waals surface area contributed by atoms with Crippen molar-refractivity contribution in [3.63, 3.8) is 0 Å². The molecule has 1 aliphatic rings. The largest absolute Gasteiger partial charge is 0.446 e. The molecule has 0 spiro atoms. The molecule has 1 aliphatic heterocycles. The molecule has 106 valence electrons. The molecule has 3 N–H and O–H groups in total. The van der Waals surface area contributed by atoms with Gasteiger partial charge in [-0.2, -0.15) is 4.31 Å². The van der Waals surface area contributed by atoms with Crippen LogP contribution in [0.3, 0.4) is 0 Å². The maximum atomic E-state index is 12.3. The predicted molar refractivity (Wildman–Crippen MR) is 69.3 cm³/mol. The van der Waals surface area contributed by atoms with E-state index in [1.807, 2.05) is 0 Å². The maximum Gasteiger partial charge on any atom is 0.316 e. The smallest absolute Gasteiger partial charge is 0.316 e. The summed E-state index contributed by atoms with van der Waals surface area (Å²) < 4.78 is 31.3. The highest BCUT2D eigenvalue weighted by atomic mass is 32.2. The Bertz CT molecular complexity index is 573. The van der Waals surface area contributed by atoms with Gasteiger partial charge in [-0.1, -0.05) is 6.42 Å². The second-order valence-electron chi connectivity index (χ2n) is 4.49. The summed E-state index contributed by atoms with van der Waals surface area (Å²) in [7, 11) is -3.62. The number of aryl methyl sites for hydroxylation is 1. The van der Waals surface area contributed by atoms with Crippen molar-refractivity contribution in [3.05, 3.63) is 11.8 Å². The third kappa shape index (κ3) is 2.90. The van der Waals surface area contributed by atoms with Gasteiger partial charge in [-0.25, -0.2) is 13.2 Å². The zero-order chi connectivity index (χ0) is 14.0. The number of piperidine rings is 1. The number of nitrogens with one attached hydrogen (secondary N) is 1. The second kappa shape index (κ2) is 5.22. The van der Waals surface area contributed by atoms with Gasteiger partial charge in [-0.3, -0.25) is 0 Å². The first-order chi connectivity index (χ1) is 8.91. The van der Waals surface area contributed by atoms with Crippen molar-refractivity contribution in [2.75, 3.05) is 18.4 Å². The molecule has 19 heavy (non-hydrogen) atoms. The van der Waals surface area contributed by atoms with Crippen molar-refractivity contribution in [1.82, 2.24) is 4.31 Å². The summed E-state index contributed by atoms with van der Waals surface area (Å²) in [4.78, 5) is 10.8. The fraction of sp³-hybridized carbons (Fsp3) is 0.545. The van der Waals surface area contributed by atoms with Crippen molar-refractivity contribution in [3.8, 4) is 0 Å². The summed E-state index contributed by atoms with van der Waals surface area (Å²) in [5, 5.41) is 2.17. The number of carbonyl (C=O) groups is 1. The summed E-state index contributed by atoms with van der Waals surface area (Å²) in [6.45, 7) is 2.57. The van der Waals surface area contributed by atoms with Crippen LogP contribution in [-0.4, -0.2) is 31.8 Å². The minimum atomic E-state index is -3.62. The van der Waals surface area contributed by atoms with Crippen LogP contribution < -0.4 is 11.1 Å². The molecular formula is C11H17N3O4S. The first-order valence-electron chi connectivity index (χ1n) is 6.08. The van der Waals surface area contributed by atoms with E-state index in [0.29, 0.717) is 18.8 Å². The molecule has 8 heteroatoms. The number of furan rings is 1. The van der Waals surface area contributed by atoms with Gasteiger partial charge in [0.15, 0.2) is 0 Å². The molecule has 0 unspecified atom stereocenters. The molecule has 0 bridgehead atoms. The van der Waals surface area contributed by atoms with Gasteiger partial charge in [-0.05, 0) is 19.8 Å². The number of hydrogen-bond donors (Lipinski definition) is 2. The summed E-state index contributed by atoms with van der Waals surface area (Å²) in [6.07, 6.45) is 2.74. The minimum absolute atomic E-state index is 0.157. The van der Waals surface area contributed by atoms with Crippen LogP contribution in [0, 0.1) is 6.92 Å². The summed E-state index contributed by atoms with van der Waals surface area (Å²) in [6, 6.07) is 0.537. The summed E-state index contributed by atoms with van der Waals surface area (Å²) in [5.74, 6) is 0.314. The predicted octanol–water partition coefficient (Wildman–Crippen LogP) is 1.25. The fourth-order valence-electron chi connectivity index (χ4n) is 2.07. The van der Waals surface area contributed by atoms with E-state index in [9.17, 15) is 13.2 Å². The van der Waals surface area contributed by atoms with Gasteiger partial charge in [-0.15, -0.1) is 0 Å². The lowest BCUT2D eigenvalue weighted by atomic mass is 10.2. The van der Waals surface area contributed by atoms with E-state index >= 15 is 0 Å². The zero-order valence-corrected chi connectivity index (χ0v) is 11.5. The Morgan fingerprint density at radius 2 is 2.00 bits per heavy atom. The average molecular weight is 287 g/mol. The van der Waals surface area contributed by atoms with Crippen LogP contribution in [0.4, 0.5) is 10.5 Å². The van der Waals surface area contributed by atoms with E-state index in [2.05, 4.69) is 5.32 Å². The standard InChI is InChI=1S/C11H17N3O4S/c1-8-9(13-11(12)15)7-10(18-8)19(16,17)14-5-3-2-4-6-14/h7H,2-6H2,1H3,(H3,12,13,15). The molecule has 1 fully saturated rings. The fourth-order valence-corrected chi connectivity index (χ4v) is 3.56. The molecule has 0 radical (unpaired) electrons. The van der Waals surface area contributed by atoms with Crippen LogP contribution in [-0.2, 0) is 10.0 Å². The zero-order valence-electron chi connectivity index (χ0n) is 10.7. The van der Waals surface area contributed by atoms with Crippen molar-refractivity contribution in [2.45, 2.75) is 31.3 Å². The van der Waals surface area contributed by atoms with Gasteiger partial charge in [0.25, 0.3) is 10.0 Å². The monoisotopic (exact) mass is 287 g/mol. The number of rotatable bonds is 3. The van der Waals surface area contributed by atoms with Gasteiger partial charge in [0.05, 0.1) is 5.69 Å². The van der Waals surface area contributed by atoms with Crippen molar-refractivity contribution >= 4 is 21.7 Å². The van der Waals surface area contributed by atoms with E-state index in [4.69, 9.17) is 10.2 Å². The average Bonchev–Trinajstić information content (AvgIpc) is 2.72. The van der Waals surface area contributed by atoms with Crippen LogP contribution in [0.25, 0.3) is 0 Å². The normalized spacial score (nSPS) is 17.3. The third-order valence-electron chi connectivity index (χ3n) is 3.06. The molecule has 2 rings (SSSR count). The number of nitrogens with two attached hydrogens (primary N) is 1. The summed E-state index contributed by atoms with van der Waals surface area (Å²) in [5.41, 5.74) is 5.28. The topological polar surface area (TPSA) is 106 Å². The maximum absolute atomic E-state index is 12.3. The quantitative estimate of drug-likeness (QED) is 0.872. The first-order valence-corrected chi connectivity index (χ1v) is 7.52. The molecule has 2 amide bonds. The van der Waals surface area contributed by atoms with Crippen molar-refractivity contribution in [1.29, 1.82) is 0 Å². The van der Waals surface area contributed by atoms with Gasteiger partial charge in [0.2, 0.25) is 5.09 Å². The number of sulfonamides is 1. The molecule has 2 heterocycles. The van der Waals surface area contributed by atoms with Gasteiger partial charge >= 0.3 is 6.03 Å². The Hall–Kier alpha value is -1.54. The van der Waals surface area contributed by atoms with E-state index in [-0.39, 0.29) is 10.8 Å². The highest BCUT2D eigenvalue weighted by Gasteiger charge is 2.29. The Labute approximate surface area is 111 Å². The SMILES string of the molecule is Cc1oc(S(=O)(=O)N2CCCCC2)cc1NC(N)=O. The lowest BCUT2D eigenvalue weighted by Gasteiger charge is -2.24. The van der Waals surface area contributed by atoms with Crippen LogP contribution in [0.2, 0.25) is 0 Å². The number of anilines is 1. The Morgan fingerprint density at radius 3 is 2.58 bits per heavy atom. The van der Waals surface area contributed by atoms with Crippen LogP contribution in [0.1, 0.15) is 25.0 Å². The van der Waals surface area contributed by atoms with Gasteiger partial charge < -0.3 is 15.5 Å². The number of nitrogens with zero attached hydrogens (tertiary/aromatic N) is 1. The molecular weight excluding hydrogens is 270 g/mol. The lowest BCUT2D eigenvalue weighted by molar-refractivity contribution is 0.259. The molecule has 1 aromatic heterocycles. The number of carbonyl (C=O) groups excluding carboxylic acids is 1. The number of hydrogen-bond acceptors (Lipinski definition) is 4. The van der Waals surface area contributed by atoms with Gasteiger partial charge in [0.1, 0.15) is 5.76 Å². The molecule has 7 nitrogen and oxygen atoms in total. The Morgan fingerprint density at radius 1 is 1.37 bits per heavy atom. The highest BCUT2D eigenvalue weighted by Crippen LogP contribution is 2.27. The molecule has 1 aromatic rings. The van der Waals surface area contributed by atoms with E-state index in [0.717, 1.165) is 19.3 Å². The van der Waals surface area contributed by atoms with E-state index in [1.54, 1.807) is 6.92 Å². The van der Waals surface area contributed by atoms with Crippen LogP contribution in [0.15, 0.2) is 15.6 Å². The first kappa shape index (κ1) is 13.9. The Kier molecular flexibility index (Phi) is 3.81. The highest BCUT2D eigenvalue weighted by molar-refractivity contribution is 7.89. The van der Waals surface area contributed by atoms with E-state index < -0.39 is 16.1 Å². The van der Waals surface area contributed by atoms with Crippen LogP contribution >= 0.6 is 0 Å². The minimum Gasteiger partial charge on any atom is -0.446 e. The van der Waals surface area contributed by atoms with Gasteiger partial charge in [0, 0.05) is 19.2 Å². The second-order valence-corrected chi connectivity index (χ2v) is 6.36. The summed E-state index contributed by atoms with van der Waals surface area (Å²) >= 11 is 0. The molecule has 0 saturated carbocycles. The van der Waals surface area contributed by atoms with Crippen molar-refractivity contribution in [2.24, 2.45) is 5.73 Å². The Balaban J connectivity index is 2.27. The number of urea groups is 1. The molecule has 1 saturated heterocycles. The molecule has 0 atom stereocenters. The number of amides is 2. The lowest BCUT2D eigenvalue weighted by Crippen LogP contribution is -2.35.